The molecule has 1 rings (SSSR count). The number of carboxylic acids is 1. The zero-order valence-corrected chi connectivity index (χ0v) is 9.49. The zero-order valence-electron chi connectivity index (χ0n) is 8.67. The number of aliphatic carboxylic acids is 1. The Bertz CT molecular complexity index is 352. The van der Waals surface area contributed by atoms with Crippen LogP contribution in [0.5, 0.6) is 0 Å². The van der Waals surface area contributed by atoms with Crippen molar-refractivity contribution >= 4 is 23.7 Å². The second kappa shape index (κ2) is 5.01. The molecule has 3 N–H and O–H groups in total. The summed E-state index contributed by atoms with van der Waals surface area (Å²) in [5.41, 5.74) is 5.65. The molecule has 1 aromatic heterocycles. The van der Waals surface area contributed by atoms with Crippen molar-refractivity contribution in [1.82, 2.24) is 14.8 Å². The van der Waals surface area contributed by atoms with Gasteiger partial charge in [-0.15, -0.1) is 10.2 Å². The average Bonchev–Trinajstić information content (AvgIpc) is 2.55. The molecule has 6 nitrogen and oxygen atoms in total. The summed E-state index contributed by atoms with van der Waals surface area (Å²) >= 11 is 1.13. The minimum atomic E-state index is -0.878. The third kappa shape index (κ3) is 2.85. The van der Waals surface area contributed by atoms with Crippen LogP contribution in [0, 0.1) is 0 Å². The highest BCUT2D eigenvalue weighted by molar-refractivity contribution is 7.99. The Balaban J connectivity index is 2.83. The Kier molecular flexibility index (Phi) is 3.96. The van der Waals surface area contributed by atoms with E-state index in [9.17, 15) is 4.79 Å². The van der Waals surface area contributed by atoms with E-state index in [1.807, 2.05) is 13.8 Å². The summed E-state index contributed by atoms with van der Waals surface area (Å²) < 4.78 is 1.76. The van der Waals surface area contributed by atoms with E-state index in [1.165, 1.54) is 0 Å². The Hall–Kier alpha value is -1.24. The Morgan fingerprint density at radius 1 is 1.67 bits per heavy atom. The molecule has 0 radical (unpaired) electrons. The lowest BCUT2D eigenvalue weighted by molar-refractivity contribution is -0.133. The molecule has 1 heterocycles. The number of nitrogen functional groups attached to an aromatic ring is 1. The predicted octanol–water partition coefficient (Wildman–Crippen LogP) is 1.01. The topological polar surface area (TPSA) is 94.0 Å². The fraction of sp³-hybridized carbons (Fsp3) is 0.625. The molecule has 0 bridgehead atoms. The van der Waals surface area contributed by atoms with E-state index >= 15 is 0 Å². The van der Waals surface area contributed by atoms with Crippen LogP contribution in [0.2, 0.25) is 0 Å². The number of rotatable bonds is 5. The smallest absolute Gasteiger partial charge is 0.313 e. The monoisotopic (exact) mass is 230 g/mol. The van der Waals surface area contributed by atoms with Crippen LogP contribution < -0.4 is 5.73 Å². The van der Waals surface area contributed by atoms with Crippen LogP contribution >= 0.6 is 11.8 Å². The van der Waals surface area contributed by atoms with Crippen molar-refractivity contribution in [1.29, 1.82) is 0 Å². The summed E-state index contributed by atoms with van der Waals surface area (Å²) in [4.78, 5) is 10.4. The van der Waals surface area contributed by atoms with Crippen LogP contribution in [-0.4, -0.2) is 31.6 Å². The number of thioether (sulfide) groups is 1. The first-order chi connectivity index (χ1) is 7.06. The summed E-state index contributed by atoms with van der Waals surface area (Å²) in [6.45, 7) is 4.01. The summed E-state index contributed by atoms with van der Waals surface area (Å²) in [7, 11) is 0. The normalized spacial score (nSPS) is 12.7. The first-order valence-electron chi connectivity index (χ1n) is 4.61. The van der Waals surface area contributed by atoms with E-state index in [-0.39, 0.29) is 11.8 Å². The number of nitrogens with zero attached hydrogens (tertiary/aromatic N) is 3. The van der Waals surface area contributed by atoms with Gasteiger partial charge in [-0.3, -0.25) is 9.36 Å². The number of aromatic nitrogens is 3. The molecule has 1 unspecified atom stereocenters. The van der Waals surface area contributed by atoms with Gasteiger partial charge in [-0.05, 0) is 13.3 Å². The molecule has 15 heavy (non-hydrogen) atoms. The van der Waals surface area contributed by atoms with Gasteiger partial charge in [0.2, 0.25) is 5.95 Å². The van der Waals surface area contributed by atoms with Gasteiger partial charge in [-0.25, -0.2) is 0 Å². The summed E-state index contributed by atoms with van der Waals surface area (Å²) in [5, 5.41) is 16.7. The molecule has 0 spiro atoms. The largest absolute Gasteiger partial charge is 0.481 e. The number of hydrogen-bond donors (Lipinski definition) is 2. The van der Waals surface area contributed by atoms with Crippen molar-refractivity contribution in [2.45, 2.75) is 31.5 Å². The number of carboxylic acid groups (broad SMARTS) is 1. The molecule has 84 valence electrons. The molecule has 0 saturated carbocycles. The molecule has 7 heteroatoms. The SMILES string of the molecule is CCC(C)n1c(N)nnc1SCC(=O)O. The highest BCUT2D eigenvalue weighted by atomic mass is 32.2. The minimum absolute atomic E-state index is 0.0332. The Morgan fingerprint density at radius 3 is 2.87 bits per heavy atom. The van der Waals surface area contributed by atoms with Crippen molar-refractivity contribution in [3.05, 3.63) is 0 Å². The molecule has 1 atom stereocenters. The second-order valence-electron chi connectivity index (χ2n) is 3.15. The Labute approximate surface area is 91.9 Å². The van der Waals surface area contributed by atoms with E-state index in [0.717, 1.165) is 18.2 Å². The van der Waals surface area contributed by atoms with Crippen molar-refractivity contribution in [2.75, 3.05) is 11.5 Å². The van der Waals surface area contributed by atoms with Gasteiger partial charge in [-0.2, -0.15) is 0 Å². The molecule has 0 amide bonds. The van der Waals surface area contributed by atoms with Gasteiger partial charge >= 0.3 is 5.97 Å². The molecule has 0 aliphatic carbocycles. The first kappa shape index (κ1) is 11.8. The van der Waals surface area contributed by atoms with Gasteiger partial charge in [0.25, 0.3) is 0 Å². The summed E-state index contributed by atoms with van der Waals surface area (Å²) in [6, 6.07) is 0.177. The lowest BCUT2D eigenvalue weighted by Gasteiger charge is -2.13. The van der Waals surface area contributed by atoms with E-state index in [4.69, 9.17) is 10.8 Å². The molecule has 1 aromatic rings. The lowest BCUT2D eigenvalue weighted by Crippen LogP contribution is -2.10. The van der Waals surface area contributed by atoms with Crippen molar-refractivity contribution < 1.29 is 9.90 Å². The van der Waals surface area contributed by atoms with Crippen LogP contribution in [-0.2, 0) is 4.79 Å². The molecule has 0 aromatic carbocycles. The maximum atomic E-state index is 10.4. The average molecular weight is 230 g/mol. The van der Waals surface area contributed by atoms with E-state index < -0.39 is 5.97 Å². The van der Waals surface area contributed by atoms with Gasteiger partial charge in [0, 0.05) is 6.04 Å². The number of anilines is 1. The van der Waals surface area contributed by atoms with Crippen molar-refractivity contribution in [3.8, 4) is 0 Å². The number of nitrogens with two attached hydrogens (primary N) is 1. The van der Waals surface area contributed by atoms with Gasteiger partial charge in [0.15, 0.2) is 5.16 Å². The summed E-state index contributed by atoms with van der Waals surface area (Å²) in [5.74, 6) is -0.580. The van der Waals surface area contributed by atoms with Gasteiger partial charge in [-0.1, -0.05) is 18.7 Å². The van der Waals surface area contributed by atoms with Gasteiger partial charge in [0.1, 0.15) is 0 Å². The maximum Gasteiger partial charge on any atom is 0.313 e. The van der Waals surface area contributed by atoms with E-state index in [2.05, 4.69) is 10.2 Å². The van der Waals surface area contributed by atoms with Crippen LogP contribution in [0.15, 0.2) is 5.16 Å². The highest BCUT2D eigenvalue weighted by Gasteiger charge is 2.15. The van der Waals surface area contributed by atoms with Crippen molar-refractivity contribution in [2.24, 2.45) is 0 Å². The third-order valence-electron chi connectivity index (χ3n) is 2.05. The van der Waals surface area contributed by atoms with Crippen LogP contribution in [0.1, 0.15) is 26.3 Å². The maximum absolute atomic E-state index is 10.4. The quantitative estimate of drug-likeness (QED) is 0.733. The minimum Gasteiger partial charge on any atom is -0.481 e. The molecule has 0 fully saturated rings. The second-order valence-corrected chi connectivity index (χ2v) is 4.09. The molecule has 0 aliphatic heterocycles. The molecular weight excluding hydrogens is 216 g/mol. The van der Waals surface area contributed by atoms with E-state index in [1.54, 1.807) is 4.57 Å². The van der Waals surface area contributed by atoms with Gasteiger partial charge < -0.3 is 10.8 Å². The van der Waals surface area contributed by atoms with Gasteiger partial charge in [0.05, 0.1) is 5.75 Å². The third-order valence-corrected chi connectivity index (χ3v) is 2.98. The van der Waals surface area contributed by atoms with Crippen molar-refractivity contribution in [3.63, 3.8) is 0 Å². The van der Waals surface area contributed by atoms with Crippen LogP contribution in [0.3, 0.4) is 0 Å². The first-order valence-corrected chi connectivity index (χ1v) is 5.59. The number of carbonyl (C=O) groups is 1. The Morgan fingerprint density at radius 2 is 2.33 bits per heavy atom. The molecule has 0 saturated heterocycles. The zero-order chi connectivity index (χ0) is 11.4. The fourth-order valence-corrected chi connectivity index (χ4v) is 1.87. The van der Waals surface area contributed by atoms with Crippen LogP contribution in [0.25, 0.3) is 0 Å². The number of hydrogen-bond acceptors (Lipinski definition) is 5. The standard InChI is InChI=1S/C8H14N4O2S/c1-3-5(2)12-7(9)10-11-8(12)15-4-6(13)14/h5H,3-4H2,1-2H3,(H2,9,10)(H,13,14). The fourth-order valence-electron chi connectivity index (χ4n) is 1.11. The lowest BCUT2D eigenvalue weighted by atomic mass is 10.3. The molecule has 0 aliphatic rings. The summed E-state index contributed by atoms with van der Waals surface area (Å²) in [6.07, 6.45) is 0.892. The highest BCUT2D eigenvalue weighted by Crippen LogP contribution is 2.24. The molecular formula is C8H14N4O2S. The van der Waals surface area contributed by atoms with E-state index in [0.29, 0.717) is 11.1 Å². The van der Waals surface area contributed by atoms with Crippen LogP contribution in [0.4, 0.5) is 5.95 Å². The predicted molar refractivity (Wildman–Crippen MR) is 57.8 cm³/mol.